The highest BCUT2D eigenvalue weighted by Crippen LogP contribution is 2.14. The highest BCUT2D eigenvalue weighted by molar-refractivity contribution is 5.87. The fraction of sp³-hybridized carbons (Fsp3) is 0.600. The predicted octanol–water partition coefficient (Wildman–Crippen LogP) is 3.47. The summed E-state index contributed by atoms with van der Waals surface area (Å²) >= 11 is 0. The van der Waals surface area contributed by atoms with Gasteiger partial charge in [-0.3, -0.25) is 10.6 Å². The maximum atomic E-state index is 11.7. The summed E-state index contributed by atoms with van der Waals surface area (Å²) in [7, 11) is 8.05. The maximum Gasteiger partial charge on any atom is 0.411 e. The van der Waals surface area contributed by atoms with Crippen LogP contribution in [-0.2, 0) is 9.47 Å². The summed E-state index contributed by atoms with van der Waals surface area (Å²) in [5.74, 6) is 0. The third-order valence-corrected chi connectivity index (χ3v) is 3.84. The van der Waals surface area contributed by atoms with Crippen LogP contribution in [0.1, 0.15) is 25.7 Å². The predicted molar refractivity (Wildman–Crippen MR) is 112 cm³/mol. The molecular weight excluding hydrogens is 360 g/mol. The number of hydrogen-bond donors (Lipinski definition) is 2. The molecule has 0 unspecified atom stereocenters. The van der Waals surface area contributed by atoms with Gasteiger partial charge in [0.05, 0.1) is 13.2 Å². The van der Waals surface area contributed by atoms with Crippen molar-refractivity contribution in [3.05, 3.63) is 24.3 Å². The van der Waals surface area contributed by atoms with Crippen LogP contribution in [0.15, 0.2) is 24.3 Å². The van der Waals surface area contributed by atoms with Crippen LogP contribution in [-0.4, -0.2) is 76.5 Å². The van der Waals surface area contributed by atoms with E-state index in [2.05, 4.69) is 20.4 Å². The van der Waals surface area contributed by atoms with Crippen LogP contribution >= 0.6 is 0 Å². The van der Waals surface area contributed by atoms with E-state index in [-0.39, 0.29) is 0 Å². The second-order valence-electron chi connectivity index (χ2n) is 7.12. The molecule has 0 fully saturated rings. The van der Waals surface area contributed by atoms with Gasteiger partial charge in [-0.25, -0.2) is 9.59 Å². The van der Waals surface area contributed by atoms with Crippen molar-refractivity contribution in [2.24, 2.45) is 0 Å². The number of unbranched alkanes of at least 4 members (excludes halogenated alkanes) is 2. The molecule has 0 saturated carbocycles. The number of amides is 2. The Bertz CT molecular complexity index is 525. The molecule has 0 aliphatic rings. The highest BCUT2D eigenvalue weighted by Gasteiger charge is 2.06. The Morgan fingerprint density at radius 2 is 1.07 bits per heavy atom. The van der Waals surface area contributed by atoms with Crippen molar-refractivity contribution in [2.75, 3.05) is 65.1 Å². The lowest BCUT2D eigenvalue weighted by Gasteiger charge is -2.11. The van der Waals surface area contributed by atoms with E-state index in [4.69, 9.17) is 9.47 Å². The lowest BCUT2D eigenvalue weighted by Crippen LogP contribution is -2.17. The zero-order valence-corrected chi connectivity index (χ0v) is 17.5. The Balaban J connectivity index is 2.21. The topological polar surface area (TPSA) is 83.1 Å². The summed E-state index contributed by atoms with van der Waals surface area (Å²) in [6.07, 6.45) is 2.64. The van der Waals surface area contributed by atoms with Crippen LogP contribution < -0.4 is 10.6 Å². The number of nitrogens with zero attached hydrogens (tertiary/aromatic N) is 2. The SMILES string of the molecule is CN(C)CCCCOC(=O)Nc1ccc(NC(=O)OCCCCN(C)C)cc1. The molecule has 0 heterocycles. The molecule has 158 valence electrons. The third kappa shape index (κ3) is 12.1. The summed E-state index contributed by atoms with van der Waals surface area (Å²) < 4.78 is 10.3. The quantitative estimate of drug-likeness (QED) is 0.528. The average Bonchev–Trinajstić information content (AvgIpc) is 2.62. The molecule has 0 radical (unpaired) electrons. The molecule has 0 bridgehead atoms. The first-order valence-corrected chi connectivity index (χ1v) is 9.64. The molecular formula is C20H34N4O4. The summed E-state index contributed by atoms with van der Waals surface area (Å²) in [4.78, 5) is 27.7. The summed E-state index contributed by atoms with van der Waals surface area (Å²) in [5.41, 5.74) is 1.20. The van der Waals surface area contributed by atoms with E-state index >= 15 is 0 Å². The Morgan fingerprint density at radius 3 is 1.39 bits per heavy atom. The fourth-order valence-corrected chi connectivity index (χ4v) is 2.33. The zero-order valence-electron chi connectivity index (χ0n) is 17.5. The zero-order chi connectivity index (χ0) is 20.8. The van der Waals surface area contributed by atoms with Crippen LogP contribution in [0.25, 0.3) is 0 Å². The van der Waals surface area contributed by atoms with E-state index in [0.717, 1.165) is 38.8 Å². The number of hydrogen-bond acceptors (Lipinski definition) is 6. The van der Waals surface area contributed by atoms with Crippen LogP contribution in [0.4, 0.5) is 21.0 Å². The van der Waals surface area contributed by atoms with Gasteiger partial charge in [0.15, 0.2) is 0 Å². The van der Waals surface area contributed by atoms with Gasteiger partial charge in [-0.2, -0.15) is 0 Å². The van der Waals surface area contributed by atoms with Crippen LogP contribution in [0, 0.1) is 0 Å². The Labute approximate surface area is 168 Å². The Hall–Kier alpha value is -2.32. The standard InChI is InChI=1S/C20H34N4O4/c1-23(2)13-5-7-15-27-19(25)21-17-9-11-18(12-10-17)22-20(26)28-16-8-6-14-24(3)4/h9-12H,5-8,13-16H2,1-4H3,(H,21,25)(H,22,26). The Morgan fingerprint density at radius 1 is 0.714 bits per heavy atom. The lowest BCUT2D eigenvalue weighted by molar-refractivity contribution is 0.157. The molecule has 8 nitrogen and oxygen atoms in total. The van der Waals surface area contributed by atoms with Crippen LogP contribution in [0.5, 0.6) is 0 Å². The first-order chi connectivity index (χ1) is 13.4. The first-order valence-electron chi connectivity index (χ1n) is 9.64. The summed E-state index contributed by atoms with van der Waals surface area (Å²) in [5, 5.41) is 5.32. The van der Waals surface area contributed by atoms with Gasteiger partial charge in [-0.15, -0.1) is 0 Å². The van der Waals surface area contributed by atoms with Gasteiger partial charge < -0.3 is 19.3 Å². The van der Waals surface area contributed by atoms with Crippen molar-refractivity contribution in [1.29, 1.82) is 0 Å². The van der Waals surface area contributed by atoms with Crippen LogP contribution in [0.3, 0.4) is 0 Å². The fourth-order valence-electron chi connectivity index (χ4n) is 2.33. The van der Waals surface area contributed by atoms with Crippen molar-refractivity contribution in [2.45, 2.75) is 25.7 Å². The smallest absolute Gasteiger partial charge is 0.411 e. The van der Waals surface area contributed by atoms with Gasteiger partial charge in [0.25, 0.3) is 0 Å². The number of anilines is 2. The molecule has 0 aliphatic heterocycles. The van der Waals surface area contributed by atoms with Crippen molar-refractivity contribution >= 4 is 23.6 Å². The van der Waals surface area contributed by atoms with Gasteiger partial charge in [0, 0.05) is 11.4 Å². The molecule has 1 rings (SSSR count). The highest BCUT2D eigenvalue weighted by atomic mass is 16.6. The molecule has 0 aliphatic carbocycles. The van der Waals surface area contributed by atoms with Gasteiger partial charge in [-0.05, 0) is 91.2 Å². The van der Waals surface area contributed by atoms with E-state index in [9.17, 15) is 9.59 Å². The number of carbonyl (C=O) groups is 2. The second kappa shape index (κ2) is 13.8. The first kappa shape index (κ1) is 23.7. The monoisotopic (exact) mass is 394 g/mol. The van der Waals surface area contributed by atoms with E-state index in [1.54, 1.807) is 24.3 Å². The molecule has 8 heteroatoms. The minimum atomic E-state index is -0.484. The maximum absolute atomic E-state index is 11.7. The van der Waals surface area contributed by atoms with Gasteiger partial charge in [0.1, 0.15) is 0 Å². The third-order valence-electron chi connectivity index (χ3n) is 3.84. The summed E-state index contributed by atoms with van der Waals surface area (Å²) in [6, 6.07) is 6.78. The van der Waals surface area contributed by atoms with Crippen molar-refractivity contribution in [3.63, 3.8) is 0 Å². The minimum absolute atomic E-state index is 0.389. The molecule has 0 atom stereocenters. The second-order valence-corrected chi connectivity index (χ2v) is 7.12. The van der Waals surface area contributed by atoms with Gasteiger partial charge in [0.2, 0.25) is 0 Å². The molecule has 2 amide bonds. The average molecular weight is 395 g/mol. The van der Waals surface area contributed by atoms with E-state index in [1.165, 1.54) is 0 Å². The van der Waals surface area contributed by atoms with E-state index in [1.807, 2.05) is 28.2 Å². The molecule has 28 heavy (non-hydrogen) atoms. The number of carbonyl (C=O) groups excluding carboxylic acids is 2. The van der Waals surface area contributed by atoms with E-state index < -0.39 is 12.2 Å². The van der Waals surface area contributed by atoms with E-state index in [0.29, 0.717) is 24.6 Å². The minimum Gasteiger partial charge on any atom is -0.449 e. The largest absolute Gasteiger partial charge is 0.449 e. The normalized spacial score (nSPS) is 10.8. The number of benzene rings is 1. The number of rotatable bonds is 12. The molecule has 0 spiro atoms. The lowest BCUT2D eigenvalue weighted by atomic mass is 10.3. The Kier molecular flexibility index (Phi) is 11.7. The molecule has 0 aromatic heterocycles. The molecule has 0 saturated heterocycles. The molecule has 1 aromatic rings. The number of ether oxygens (including phenoxy) is 2. The van der Waals surface area contributed by atoms with Crippen molar-refractivity contribution in [3.8, 4) is 0 Å². The molecule has 2 N–H and O–H groups in total. The van der Waals surface area contributed by atoms with Crippen molar-refractivity contribution < 1.29 is 19.1 Å². The summed E-state index contributed by atoms with van der Waals surface area (Å²) in [6.45, 7) is 2.72. The molecule has 1 aromatic carbocycles. The van der Waals surface area contributed by atoms with Crippen LogP contribution in [0.2, 0.25) is 0 Å². The number of nitrogens with one attached hydrogen (secondary N) is 2. The van der Waals surface area contributed by atoms with Gasteiger partial charge >= 0.3 is 12.2 Å². The van der Waals surface area contributed by atoms with Gasteiger partial charge in [-0.1, -0.05) is 0 Å². The van der Waals surface area contributed by atoms with Crippen molar-refractivity contribution in [1.82, 2.24) is 9.80 Å².